The SMILES string of the molecule is Cc1cc(NS(C)(=O)=O)ccc1-c1cscc1-c1ccc(-n2ccnc2C)s1. The number of aromatic nitrogens is 2. The summed E-state index contributed by atoms with van der Waals surface area (Å²) in [5, 5.41) is 5.43. The molecule has 0 saturated carbocycles. The average molecular weight is 430 g/mol. The quantitative estimate of drug-likeness (QED) is 0.467. The molecule has 28 heavy (non-hydrogen) atoms. The van der Waals surface area contributed by atoms with Crippen LogP contribution in [-0.2, 0) is 10.0 Å². The highest BCUT2D eigenvalue weighted by molar-refractivity contribution is 7.92. The van der Waals surface area contributed by atoms with E-state index in [1.807, 2.05) is 32.2 Å². The van der Waals surface area contributed by atoms with Crippen molar-refractivity contribution in [1.82, 2.24) is 9.55 Å². The van der Waals surface area contributed by atoms with Crippen molar-refractivity contribution >= 4 is 38.4 Å². The number of sulfonamides is 1. The zero-order valence-electron chi connectivity index (χ0n) is 15.6. The van der Waals surface area contributed by atoms with Gasteiger partial charge in [-0.1, -0.05) is 6.07 Å². The van der Waals surface area contributed by atoms with Gasteiger partial charge < -0.3 is 0 Å². The van der Waals surface area contributed by atoms with Gasteiger partial charge in [0.05, 0.1) is 6.26 Å². The van der Waals surface area contributed by atoms with E-state index < -0.39 is 10.0 Å². The maximum Gasteiger partial charge on any atom is 0.229 e. The highest BCUT2D eigenvalue weighted by atomic mass is 32.2. The summed E-state index contributed by atoms with van der Waals surface area (Å²) in [7, 11) is -3.29. The van der Waals surface area contributed by atoms with Gasteiger partial charge in [0.25, 0.3) is 0 Å². The summed E-state index contributed by atoms with van der Waals surface area (Å²) < 4.78 is 27.6. The van der Waals surface area contributed by atoms with Crippen molar-refractivity contribution in [3.05, 3.63) is 64.9 Å². The van der Waals surface area contributed by atoms with Crippen LogP contribution >= 0.6 is 22.7 Å². The second kappa shape index (κ2) is 7.20. The number of aryl methyl sites for hydroxylation is 2. The van der Waals surface area contributed by atoms with E-state index in [1.165, 1.54) is 10.4 Å². The predicted octanol–water partition coefficient (Wildman–Crippen LogP) is 5.32. The third-order valence-electron chi connectivity index (χ3n) is 4.40. The summed E-state index contributed by atoms with van der Waals surface area (Å²) in [6, 6.07) is 9.90. The Morgan fingerprint density at radius 1 is 1.04 bits per heavy atom. The molecule has 0 amide bonds. The maximum absolute atomic E-state index is 11.5. The summed E-state index contributed by atoms with van der Waals surface area (Å²) in [5.74, 6) is 0.962. The molecule has 4 rings (SSSR count). The number of hydrogen-bond acceptors (Lipinski definition) is 5. The first-order valence-electron chi connectivity index (χ1n) is 8.57. The Kier molecular flexibility index (Phi) is 4.86. The molecule has 0 atom stereocenters. The molecule has 0 fully saturated rings. The summed E-state index contributed by atoms with van der Waals surface area (Å²) >= 11 is 3.39. The Bertz CT molecular complexity index is 1250. The number of nitrogens with one attached hydrogen (secondary N) is 1. The topological polar surface area (TPSA) is 64.0 Å². The van der Waals surface area contributed by atoms with Gasteiger partial charge in [-0.05, 0) is 60.0 Å². The van der Waals surface area contributed by atoms with Crippen molar-refractivity contribution in [2.45, 2.75) is 13.8 Å². The molecular weight excluding hydrogens is 410 g/mol. The molecule has 5 nitrogen and oxygen atoms in total. The molecule has 4 aromatic rings. The smallest absolute Gasteiger partial charge is 0.229 e. The minimum Gasteiger partial charge on any atom is -0.295 e. The molecule has 0 spiro atoms. The average Bonchev–Trinajstić information content (AvgIpc) is 3.32. The summed E-state index contributed by atoms with van der Waals surface area (Å²) in [6.45, 7) is 3.99. The van der Waals surface area contributed by atoms with Gasteiger partial charge in [-0.15, -0.1) is 11.3 Å². The number of hydrogen-bond donors (Lipinski definition) is 1. The molecule has 144 valence electrons. The first-order valence-corrected chi connectivity index (χ1v) is 12.2. The highest BCUT2D eigenvalue weighted by Crippen LogP contribution is 2.41. The normalized spacial score (nSPS) is 11.7. The fourth-order valence-electron chi connectivity index (χ4n) is 3.15. The molecule has 1 N–H and O–H groups in total. The van der Waals surface area contributed by atoms with Crippen LogP contribution in [0.5, 0.6) is 0 Å². The molecule has 0 radical (unpaired) electrons. The van der Waals surface area contributed by atoms with Crippen molar-refractivity contribution in [1.29, 1.82) is 0 Å². The molecule has 0 unspecified atom stereocenters. The molecule has 0 aliphatic rings. The fourth-order valence-corrected chi connectivity index (χ4v) is 5.70. The van der Waals surface area contributed by atoms with Gasteiger partial charge >= 0.3 is 0 Å². The van der Waals surface area contributed by atoms with Crippen LogP contribution in [0.15, 0.2) is 53.5 Å². The number of nitrogens with zero attached hydrogens (tertiary/aromatic N) is 2. The fraction of sp³-hybridized carbons (Fsp3) is 0.150. The number of anilines is 1. The van der Waals surface area contributed by atoms with Crippen molar-refractivity contribution in [2.24, 2.45) is 0 Å². The number of thiophene rings is 2. The lowest BCUT2D eigenvalue weighted by Gasteiger charge is -2.10. The van der Waals surface area contributed by atoms with Crippen molar-refractivity contribution in [3.8, 4) is 26.6 Å². The molecular formula is C20H19N3O2S3. The highest BCUT2D eigenvalue weighted by Gasteiger charge is 2.14. The van der Waals surface area contributed by atoms with Gasteiger partial charge in [0.2, 0.25) is 10.0 Å². The van der Waals surface area contributed by atoms with E-state index in [1.54, 1.807) is 34.9 Å². The van der Waals surface area contributed by atoms with E-state index in [4.69, 9.17) is 0 Å². The Balaban J connectivity index is 1.71. The van der Waals surface area contributed by atoms with Crippen LogP contribution in [0.2, 0.25) is 0 Å². The predicted molar refractivity (Wildman–Crippen MR) is 118 cm³/mol. The molecule has 0 aliphatic carbocycles. The van der Waals surface area contributed by atoms with Crippen LogP contribution in [0.25, 0.3) is 26.6 Å². The Morgan fingerprint density at radius 3 is 2.50 bits per heavy atom. The lowest BCUT2D eigenvalue weighted by molar-refractivity contribution is 0.607. The van der Waals surface area contributed by atoms with Crippen LogP contribution in [0, 0.1) is 13.8 Å². The standard InChI is InChI=1S/C20H19N3O2S3/c1-13-10-15(22-28(3,24)25)4-5-16(13)17-11-26-12-18(17)19-6-7-20(27-19)23-9-8-21-14(23)2/h4-12,22H,1-3H3. The number of rotatable bonds is 5. The van der Waals surface area contributed by atoms with Gasteiger partial charge in [0.1, 0.15) is 10.8 Å². The Hall–Kier alpha value is -2.42. The zero-order chi connectivity index (χ0) is 19.9. The molecule has 0 aliphatic heterocycles. The van der Waals surface area contributed by atoms with Gasteiger partial charge in [-0.2, -0.15) is 11.3 Å². The first kappa shape index (κ1) is 18.9. The summed E-state index contributed by atoms with van der Waals surface area (Å²) in [6.07, 6.45) is 4.93. The molecule has 3 aromatic heterocycles. The Labute approximate surface area is 172 Å². The molecule has 8 heteroatoms. The number of benzene rings is 1. The van der Waals surface area contributed by atoms with Crippen molar-refractivity contribution < 1.29 is 8.42 Å². The van der Waals surface area contributed by atoms with E-state index in [0.717, 1.165) is 33.8 Å². The van der Waals surface area contributed by atoms with E-state index in [0.29, 0.717) is 5.69 Å². The number of imidazole rings is 1. The van der Waals surface area contributed by atoms with Crippen LogP contribution in [-0.4, -0.2) is 24.2 Å². The maximum atomic E-state index is 11.5. The monoisotopic (exact) mass is 429 g/mol. The van der Waals surface area contributed by atoms with Gasteiger partial charge in [0, 0.05) is 34.1 Å². The van der Waals surface area contributed by atoms with Crippen LogP contribution in [0.3, 0.4) is 0 Å². The second-order valence-corrected chi connectivity index (χ2v) is 10.1. The lowest BCUT2D eigenvalue weighted by Crippen LogP contribution is -2.09. The summed E-state index contributed by atoms with van der Waals surface area (Å²) in [4.78, 5) is 5.49. The van der Waals surface area contributed by atoms with Crippen LogP contribution in [0.1, 0.15) is 11.4 Å². The minimum absolute atomic E-state index is 0.578. The van der Waals surface area contributed by atoms with E-state index in [9.17, 15) is 8.42 Å². The van der Waals surface area contributed by atoms with E-state index in [-0.39, 0.29) is 0 Å². The Morgan fingerprint density at radius 2 is 1.82 bits per heavy atom. The van der Waals surface area contributed by atoms with Crippen LogP contribution < -0.4 is 4.72 Å². The van der Waals surface area contributed by atoms with Crippen LogP contribution in [0.4, 0.5) is 5.69 Å². The lowest BCUT2D eigenvalue weighted by atomic mass is 9.99. The van der Waals surface area contributed by atoms with Crippen molar-refractivity contribution in [2.75, 3.05) is 11.0 Å². The third kappa shape index (κ3) is 3.76. The molecule has 1 aromatic carbocycles. The first-order chi connectivity index (χ1) is 13.3. The third-order valence-corrected chi connectivity index (χ3v) is 6.87. The van der Waals surface area contributed by atoms with Gasteiger partial charge in [-0.3, -0.25) is 9.29 Å². The second-order valence-electron chi connectivity index (χ2n) is 6.59. The zero-order valence-corrected chi connectivity index (χ0v) is 18.1. The largest absolute Gasteiger partial charge is 0.295 e. The van der Waals surface area contributed by atoms with Gasteiger partial charge in [0.15, 0.2) is 0 Å². The van der Waals surface area contributed by atoms with Gasteiger partial charge in [-0.25, -0.2) is 13.4 Å². The molecule has 0 bridgehead atoms. The van der Waals surface area contributed by atoms with Crippen molar-refractivity contribution in [3.63, 3.8) is 0 Å². The minimum atomic E-state index is -3.29. The van der Waals surface area contributed by atoms with E-state index >= 15 is 0 Å². The molecule has 3 heterocycles. The van der Waals surface area contributed by atoms with E-state index in [2.05, 4.69) is 37.2 Å². The summed E-state index contributed by atoms with van der Waals surface area (Å²) in [5.41, 5.74) is 5.05. The molecule has 0 saturated heterocycles.